The van der Waals surface area contributed by atoms with Gasteiger partial charge in [-0.2, -0.15) is 0 Å². The van der Waals surface area contributed by atoms with Gasteiger partial charge in [-0.3, -0.25) is 0 Å². The van der Waals surface area contributed by atoms with E-state index in [4.69, 9.17) is 9.47 Å². The molecule has 1 saturated heterocycles. The minimum absolute atomic E-state index is 0.0184. The van der Waals surface area contributed by atoms with Gasteiger partial charge in [0.2, 0.25) is 5.88 Å². The number of carbonyl (C=O) groups is 1. The van der Waals surface area contributed by atoms with Gasteiger partial charge in [0.05, 0.1) is 6.54 Å². The van der Waals surface area contributed by atoms with Crippen molar-refractivity contribution in [3.63, 3.8) is 0 Å². The maximum absolute atomic E-state index is 11.9. The summed E-state index contributed by atoms with van der Waals surface area (Å²) in [5.74, 6) is 0.599. The molecule has 0 radical (unpaired) electrons. The second-order valence-corrected chi connectivity index (χ2v) is 7.02. The van der Waals surface area contributed by atoms with E-state index in [9.17, 15) is 4.79 Å². The number of halogens is 1. The number of carbonyl (C=O) groups excluding carboxylic acids is 1. The minimum atomic E-state index is -0.465. The number of amides is 1. The molecule has 0 aliphatic carbocycles. The quantitative estimate of drug-likeness (QED) is 0.729. The van der Waals surface area contributed by atoms with Crippen molar-refractivity contribution in [1.82, 2.24) is 9.88 Å². The minimum Gasteiger partial charge on any atom is -0.472 e. The molecule has 0 spiro atoms. The topological polar surface area (TPSA) is 51.7 Å². The molecular formula is C14H19IN2O3. The highest BCUT2D eigenvalue weighted by atomic mass is 127. The van der Waals surface area contributed by atoms with E-state index in [1.807, 2.05) is 32.9 Å². The number of pyridine rings is 1. The predicted octanol–water partition coefficient (Wildman–Crippen LogP) is 3.07. The van der Waals surface area contributed by atoms with Crippen molar-refractivity contribution in [3.05, 3.63) is 21.9 Å². The van der Waals surface area contributed by atoms with E-state index in [0.29, 0.717) is 19.0 Å². The van der Waals surface area contributed by atoms with Crippen LogP contribution in [0.25, 0.3) is 0 Å². The zero-order valence-electron chi connectivity index (χ0n) is 11.9. The summed E-state index contributed by atoms with van der Waals surface area (Å²) in [4.78, 5) is 17.8. The van der Waals surface area contributed by atoms with E-state index in [1.54, 1.807) is 11.1 Å². The number of likely N-dealkylation sites (tertiary alicyclic amines) is 1. The fraction of sp³-hybridized carbons (Fsp3) is 0.571. The molecule has 110 valence electrons. The van der Waals surface area contributed by atoms with E-state index in [2.05, 4.69) is 27.6 Å². The van der Waals surface area contributed by atoms with Crippen LogP contribution < -0.4 is 4.74 Å². The Morgan fingerprint density at radius 2 is 2.20 bits per heavy atom. The van der Waals surface area contributed by atoms with Gasteiger partial charge in [0, 0.05) is 28.8 Å². The second-order valence-electron chi connectivity index (χ2n) is 5.77. The molecule has 1 aromatic rings. The van der Waals surface area contributed by atoms with Gasteiger partial charge in [-0.1, -0.05) is 0 Å². The third-order valence-corrected chi connectivity index (χ3v) is 3.42. The number of nitrogens with zero attached hydrogens (tertiary/aromatic N) is 2. The maximum Gasteiger partial charge on any atom is 0.410 e. The van der Waals surface area contributed by atoms with Crippen LogP contribution in [0.4, 0.5) is 4.79 Å². The lowest BCUT2D eigenvalue weighted by Crippen LogP contribution is -2.36. The molecular weight excluding hydrogens is 371 g/mol. The van der Waals surface area contributed by atoms with E-state index in [-0.39, 0.29) is 12.2 Å². The molecule has 1 aliphatic rings. The number of ether oxygens (including phenoxy) is 2. The average Bonchev–Trinajstić information content (AvgIpc) is 2.79. The van der Waals surface area contributed by atoms with Gasteiger partial charge in [0.1, 0.15) is 11.7 Å². The zero-order valence-corrected chi connectivity index (χ0v) is 14.1. The Balaban J connectivity index is 1.86. The highest BCUT2D eigenvalue weighted by Crippen LogP contribution is 2.19. The van der Waals surface area contributed by atoms with Crippen LogP contribution in [-0.4, -0.2) is 40.8 Å². The van der Waals surface area contributed by atoms with Gasteiger partial charge in [-0.05, 0) is 49.4 Å². The average molecular weight is 390 g/mol. The van der Waals surface area contributed by atoms with Gasteiger partial charge < -0.3 is 14.4 Å². The molecule has 1 fully saturated rings. The summed E-state index contributed by atoms with van der Waals surface area (Å²) < 4.78 is 12.2. The number of hydrogen-bond acceptors (Lipinski definition) is 4. The van der Waals surface area contributed by atoms with Crippen molar-refractivity contribution < 1.29 is 14.3 Å². The van der Waals surface area contributed by atoms with E-state index >= 15 is 0 Å². The maximum atomic E-state index is 11.9. The molecule has 1 aromatic heterocycles. The molecule has 6 heteroatoms. The van der Waals surface area contributed by atoms with Crippen molar-refractivity contribution in [1.29, 1.82) is 0 Å². The van der Waals surface area contributed by atoms with Crippen molar-refractivity contribution in [3.8, 4) is 5.88 Å². The van der Waals surface area contributed by atoms with Crippen molar-refractivity contribution >= 4 is 28.7 Å². The number of hydrogen-bond donors (Lipinski definition) is 0. The van der Waals surface area contributed by atoms with Crippen LogP contribution in [0.15, 0.2) is 18.3 Å². The summed E-state index contributed by atoms with van der Waals surface area (Å²) >= 11 is 2.20. The van der Waals surface area contributed by atoms with E-state index in [1.165, 1.54) is 0 Å². The third kappa shape index (κ3) is 4.50. The summed E-state index contributed by atoms with van der Waals surface area (Å²) in [5.41, 5.74) is -0.465. The summed E-state index contributed by atoms with van der Waals surface area (Å²) in [6.45, 7) is 6.80. The first-order valence-corrected chi connectivity index (χ1v) is 7.67. The molecule has 1 atom stereocenters. The molecule has 1 aliphatic heterocycles. The molecule has 20 heavy (non-hydrogen) atoms. The van der Waals surface area contributed by atoms with E-state index < -0.39 is 5.60 Å². The Hall–Kier alpha value is -1.05. The fourth-order valence-corrected chi connectivity index (χ4v) is 2.24. The molecule has 0 bridgehead atoms. The first kappa shape index (κ1) is 15.3. The Labute approximate surface area is 132 Å². The van der Waals surface area contributed by atoms with Gasteiger partial charge in [0.25, 0.3) is 0 Å². The molecule has 5 nitrogen and oxygen atoms in total. The number of rotatable bonds is 2. The van der Waals surface area contributed by atoms with Crippen molar-refractivity contribution in [2.45, 2.75) is 38.9 Å². The van der Waals surface area contributed by atoms with Crippen LogP contribution in [0.1, 0.15) is 27.2 Å². The standard InChI is InChI=1S/C14H19IN2O3/c1-14(2,3)20-13(18)17-7-6-11(9-17)19-12-5-4-10(15)8-16-12/h4-5,8,11H,6-7,9H2,1-3H3/t11-/m1/s1. The lowest BCUT2D eigenvalue weighted by molar-refractivity contribution is 0.0275. The molecule has 2 rings (SSSR count). The molecule has 0 unspecified atom stereocenters. The van der Waals surface area contributed by atoms with Crippen LogP contribution in [0.5, 0.6) is 5.88 Å². The third-order valence-electron chi connectivity index (χ3n) is 2.78. The van der Waals surface area contributed by atoms with Crippen LogP contribution in [0.2, 0.25) is 0 Å². The predicted molar refractivity (Wildman–Crippen MR) is 83.8 cm³/mol. The normalized spacial score (nSPS) is 19.0. The summed E-state index contributed by atoms with van der Waals surface area (Å²) in [6.07, 6.45) is 2.26. The van der Waals surface area contributed by atoms with Crippen molar-refractivity contribution in [2.75, 3.05) is 13.1 Å². The zero-order chi connectivity index (χ0) is 14.8. The molecule has 0 N–H and O–H groups in total. The Morgan fingerprint density at radius 3 is 2.80 bits per heavy atom. The lowest BCUT2D eigenvalue weighted by Gasteiger charge is -2.24. The van der Waals surface area contributed by atoms with Crippen LogP contribution in [0.3, 0.4) is 0 Å². The Kier molecular flexibility index (Phi) is 4.72. The highest BCUT2D eigenvalue weighted by molar-refractivity contribution is 14.1. The van der Waals surface area contributed by atoms with Crippen LogP contribution in [0, 0.1) is 3.57 Å². The Morgan fingerprint density at radius 1 is 1.45 bits per heavy atom. The van der Waals surface area contributed by atoms with Crippen molar-refractivity contribution in [2.24, 2.45) is 0 Å². The van der Waals surface area contributed by atoms with Crippen LogP contribution >= 0.6 is 22.6 Å². The van der Waals surface area contributed by atoms with Crippen LogP contribution in [-0.2, 0) is 4.74 Å². The second kappa shape index (κ2) is 6.15. The fourth-order valence-electron chi connectivity index (χ4n) is 1.92. The van der Waals surface area contributed by atoms with Gasteiger partial charge in [-0.15, -0.1) is 0 Å². The van der Waals surface area contributed by atoms with E-state index in [0.717, 1.165) is 9.99 Å². The lowest BCUT2D eigenvalue weighted by atomic mass is 10.2. The van der Waals surface area contributed by atoms with Gasteiger partial charge >= 0.3 is 6.09 Å². The SMILES string of the molecule is CC(C)(C)OC(=O)N1CC[C@@H](Oc2ccc(I)cn2)C1. The monoisotopic (exact) mass is 390 g/mol. The largest absolute Gasteiger partial charge is 0.472 e. The van der Waals surface area contributed by atoms with Gasteiger partial charge in [-0.25, -0.2) is 9.78 Å². The summed E-state index contributed by atoms with van der Waals surface area (Å²) in [5, 5.41) is 0. The smallest absolute Gasteiger partial charge is 0.410 e. The molecule has 0 aromatic carbocycles. The highest BCUT2D eigenvalue weighted by Gasteiger charge is 2.30. The van der Waals surface area contributed by atoms with Gasteiger partial charge in [0.15, 0.2) is 0 Å². The molecule has 0 saturated carbocycles. The molecule has 1 amide bonds. The first-order valence-electron chi connectivity index (χ1n) is 6.59. The summed E-state index contributed by atoms with van der Waals surface area (Å²) in [6, 6.07) is 3.79. The Bertz CT molecular complexity index is 470. The molecule has 2 heterocycles. The number of aromatic nitrogens is 1. The summed E-state index contributed by atoms with van der Waals surface area (Å²) in [7, 11) is 0. The first-order chi connectivity index (χ1) is 9.33.